The number of carbonyl (C=O) groups excluding carboxylic acids is 1. The first kappa shape index (κ1) is 16.9. The van der Waals surface area contributed by atoms with Crippen molar-refractivity contribution in [2.75, 3.05) is 16.8 Å². The molecule has 0 spiro atoms. The van der Waals surface area contributed by atoms with Crippen LogP contribution in [0, 0.1) is 0 Å². The SMILES string of the molecule is CC1Cc2ccccc2N1C(=O)CNc1cccc(-c2nnnn2C2CC2)c1. The van der Waals surface area contributed by atoms with Gasteiger partial charge < -0.3 is 10.2 Å². The number of aromatic nitrogens is 4. The van der Waals surface area contributed by atoms with E-state index in [0.29, 0.717) is 6.04 Å². The van der Waals surface area contributed by atoms with Crippen LogP contribution in [0.5, 0.6) is 0 Å². The highest BCUT2D eigenvalue weighted by Gasteiger charge is 2.30. The number of fused-ring (bicyclic) bond motifs is 1. The normalized spacial score (nSPS) is 18.2. The minimum absolute atomic E-state index is 0.0747. The summed E-state index contributed by atoms with van der Waals surface area (Å²) in [4.78, 5) is 14.8. The molecule has 142 valence electrons. The quantitative estimate of drug-likeness (QED) is 0.743. The Morgan fingerprint density at radius 1 is 1.18 bits per heavy atom. The molecule has 0 bridgehead atoms. The highest BCUT2D eigenvalue weighted by molar-refractivity contribution is 5.98. The van der Waals surface area contributed by atoms with Crippen LogP contribution in [0.15, 0.2) is 48.5 Å². The molecule has 7 nitrogen and oxygen atoms in total. The minimum Gasteiger partial charge on any atom is -0.376 e. The van der Waals surface area contributed by atoms with E-state index in [1.54, 1.807) is 0 Å². The summed E-state index contributed by atoms with van der Waals surface area (Å²) in [5, 5.41) is 15.4. The van der Waals surface area contributed by atoms with E-state index in [4.69, 9.17) is 0 Å². The molecule has 1 atom stereocenters. The maximum Gasteiger partial charge on any atom is 0.246 e. The number of benzene rings is 2. The first-order valence-corrected chi connectivity index (χ1v) is 9.73. The van der Waals surface area contributed by atoms with E-state index >= 15 is 0 Å². The Morgan fingerprint density at radius 2 is 2.04 bits per heavy atom. The zero-order valence-electron chi connectivity index (χ0n) is 15.7. The molecular formula is C21H22N6O. The first-order chi connectivity index (χ1) is 13.7. The molecule has 1 aromatic heterocycles. The van der Waals surface area contributed by atoms with E-state index in [2.05, 4.69) is 33.8 Å². The standard InChI is InChI=1S/C21H22N6O/c1-14-11-15-5-2-3-8-19(15)26(14)20(28)13-22-17-7-4-6-16(12-17)21-23-24-25-27(21)18-9-10-18/h2-8,12,14,18,22H,9-11,13H2,1H3. The molecule has 3 aromatic rings. The molecule has 1 fully saturated rings. The van der Waals surface area contributed by atoms with Crippen LogP contribution in [-0.4, -0.2) is 38.7 Å². The van der Waals surface area contributed by atoms with Crippen molar-refractivity contribution in [2.24, 2.45) is 0 Å². The van der Waals surface area contributed by atoms with Gasteiger partial charge in [0.05, 0.1) is 12.6 Å². The smallest absolute Gasteiger partial charge is 0.246 e. The lowest BCUT2D eigenvalue weighted by Gasteiger charge is -2.23. The summed E-state index contributed by atoms with van der Waals surface area (Å²) in [6.45, 7) is 2.34. The van der Waals surface area contributed by atoms with Gasteiger partial charge in [-0.15, -0.1) is 5.10 Å². The van der Waals surface area contributed by atoms with E-state index in [1.807, 2.05) is 52.0 Å². The molecule has 1 unspecified atom stereocenters. The van der Waals surface area contributed by atoms with Crippen LogP contribution in [0.3, 0.4) is 0 Å². The van der Waals surface area contributed by atoms with Crippen LogP contribution >= 0.6 is 0 Å². The Labute approximate surface area is 163 Å². The average Bonchev–Trinajstić information content (AvgIpc) is 3.33. The average molecular weight is 374 g/mol. The molecule has 0 radical (unpaired) electrons. The van der Waals surface area contributed by atoms with Crippen LogP contribution in [0.2, 0.25) is 0 Å². The van der Waals surface area contributed by atoms with Gasteiger partial charge in [-0.05, 0) is 60.4 Å². The summed E-state index contributed by atoms with van der Waals surface area (Å²) in [5.41, 5.74) is 4.10. The Hall–Kier alpha value is -3.22. The van der Waals surface area contributed by atoms with Crippen molar-refractivity contribution in [3.63, 3.8) is 0 Å². The molecule has 2 aromatic carbocycles. The zero-order chi connectivity index (χ0) is 19.1. The van der Waals surface area contributed by atoms with E-state index in [0.717, 1.165) is 42.0 Å². The molecule has 1 saturated carbocycles. The fraction of sp³-hybridized carbons (Fsp3) is 0.333. The topological polar surface area (TPSA) is 75.9 Å². The van der Waals surface area contributed by atoms with E-state index in [9.17, 15) is 4.79 Å². The Bertz CT molecular complexity index is 1020. The van der Waals surface area contributed by atoms with Gasteiger partial charge in [0, 0.05) is 23.0 Å². The van der Waals surface area contributed by atoms with Gasteiger partial charge in [0.15, 0.2) is 5.82 Å². The van der Waals surface area contributed by atoms with Gasteiger partial charge >= 0.3 is 0 Å². The first-order valence-electron chi connectivity index (χ1n) is 9.73. The van der Waals surface area contributed by atoms with Crippen molar-refractivity contribution >= 4 is 17.3 Å². The summed E-state index contributed by atoms with van der Waals surface area (Å²) in [7, 11) is 0. The van der Waals surface area contributed by atoms with Crippen molar-refractivity contribution in [1.82, 2.24) is 20.2 Å². The maximum absolute atomic E-state index is 12.9. The highest BCUT2D eigenvalue weighted by atomic mass is 16.2. The van der Waals surface area contributed by atoms with Crippen molar-refractivity contribution in [3.05, 3.63) is 54.1 Å². The fourth-order valence-corrected chi connectivity index (χ4v) is 3.93. The molecule has 2 heterocycles. The van der Waals surface area contributed by atoms with Gasteiger partial charge in [0.25, 0.3) is 0 Å². The molecule has 1 amide bonds. The maximum atomic E-state index is 12.9. The van der Waals surface area contributed by atoms with Gasteiger partial charge in [-0.2, -0.15) is 0 Å². The number of hydrogen-bond acceptors (Lipinski definition) is 5. The summed E-state index contributed by atoms with van der Waals surface area (Å²) in [5.74, 6) is 0.852. The second kappa shape index (κ2) is 6.74. The van der Waals surface area contributed by atoms with E-state index in [-0.39, 0.29) is 18.5 Å². The largest absolute Gasteiger partial charge is 0.376 e. The molecular weight excluding hydrogens is 352 g/mol. The summed E-state index contributed by atoms with van der Waals surface area (Å²) in [6.07, 6.45) is 3.15. The van der Waals surface area contributed by atoms with Gasteiger partial charge in [-0.25, -0.2) is 4.68 Å². The van der Waals surface area contributed by atoms with Gasteiger partial charge in [0.2, 0.25) is 5.91 Å². The number of amides is 1. The number of anilines is 2. The predicted octanol–water partition coefficient (Wildman–Crippen LogP) is 3.06. The highest BCUT2D eigenvalue weighted by Crippen LogP contribution is 2.37. The second-order valence-electron chi connectivity index (χ2n) is 7.56. The lowest BCUT2D eigenvalue weighted by Crippen LogP contribution is -2.39. The third-order valence-electron chi connectivity index (χ3n) is 5.43. The van der Waals surface area contributed by atoms with Crippen molar-refractivity contribution < 1.29 is 4.79 Å². The molecule has 0 saturated heterocycles. The number of tetrazole rings is 1. The molecule has 2 aliphatic rings. The summed E-state index contributed by atoms with van der Waals surface area (Å²) in [6, 6.07) is 16.6. The third kappa shape index (κ3) is 3.02. The van der Waals surface area contributed by atoms with E-state index in [1.165, 1.54) is 5.56 Å². The third-order valence-corrected chi connectivity index (χ3v) is 5.43. The number of carbonyl (C=O) groups is 1. The van der Waals surface area contributed by atoms with Crippen LogP contribution in [0.25, 0.3) is 11.4 Å². The molecule has 1 aliphatic heterocycles. The molecule has 1 N–H and O–H groups in total. The predicted molar refractivity (Wildman–Crippen MR) is 107 cm³/mol. The minimum atomic E-state index is 0.0747. The lowest BCUT2D eigenvalue weighted by molar-refractivity contribution is -0.117. The molecule has 5 rings (SSSR count). The monoisotopic (exact) mass is 374 g/mol. The summed E-state index contributed by atoms with van der Waals surface area (Å²) < 4.78 is 1.90. The number of rotatable bonds is 5. The Balaban J connectivity index is 1.31. The number of nitrogens with zero attached hydrogens (tertiary/aromatic N) is 5. The fourth-order valence-electron chi connectivity index (χ4n) is 3.93. The molecule has 7 heteroatoms. The van der Waals surface area contributed by atoms with Gasteiger partial charge in [-0.1, -0.05) is 30.3 Å². The number of nitrogens with one attached hydrogen (secondary N) is 1. The van der Waals surface area contributed by atoms with E-state index < -0.39 is 0 Å². The van der Waals surface area contributed by atoms with Crippen molar-refractivity contribution in [3.8, 4) is 11.4 Å². The number of hydrogen-bond donors (Lipinski definition) is 1. The van der Waals surface area contributed by atoms with Crippen molar-refractivity contribution in [2.45, 2.75) is 38.3 Å². The Morgan fingerprint density at radius 3 is 2.89 bits per heavy atom. The van der Waals surface area contributed by atoms with Crippen LogP contribution in [-0.2, 0) is 11.2 Å². The van der Waals surface area contributed by atoms with Crippen LogP contribution in [0.1, 0.15) is 31.4 Å². The number of para-hydroxylation sites is 1. The van der Waals surface area contributed by atoms with Gasteiger partial charge in [-0.3, -0.25) is 4.79 Å². The van der Waals surface area contributed by atoms with Gasteiger partial charge in [0.1, 0.15) is 0 Å². The van der Waals surface area contributed by atoms with Crippen molar-refractivity contribution in [1.29, 1.82) is 0 Å². The second-order valence-corrected chi connectivity index (χ2v) is 7.56. The molecule has 1 aliphatic carbocycles. The van der Waals surface area contributed by atoms with Crippen LogP contribution < -0.4 is 10.2 Å². The summed E-state index contributed by atoms with van der Waals surface area (Å²) >= 11 is 0. The zero-order valence-corrected chi connectivity index (χ0v) is 15.7. The molecule has 28 heavy (non-hydrogen) atoms. The Kier molecular flexibility index (Phi) is 4.07. The van der Waals surface area contributed by atoms with Crippen LogP contribution in [0.4, 0.5) is 11.4 Å². The lowest BCUT2D eigenvalue weighted by atomic mass is 10.1.